The first-order chi connectivity index (χ1) is 14.3. The number of halogens is 1. The number of ether oxygens (including phenoxy) is 1. The maximum Gasteiger partial charge on any atom is 0.407 e. The van der Waals surface area contributed by atoms with Crippen LogP contribution in [-0.2, 0) is 27.4 Å². The van der Waals surface area contributed by atoms with Crippen molar-refractivity contribution in [3.05, 3.63) is 71.5 Å². The van der Waals surface area contributed by atoms with Gasteiger partial charge in [-0.2, -0.15) is 0 Å². The first-order valence-corrected chi connectivity index (χ1v) is 9.23. The van der Waals surface area contributed by atoms with Gasteiger partial charge in [0.25, 0.3) is 0 Å². The Labute approximate surface area is 172 Å². The maximum atomic E-state index is 13.7. The number of nitrogens with one attached hydrogen (secondary N) is 2. The molecular weight excluding hydrogens is 395 g/mol. The van der Waals surface area contributed by atoms with E-state index in [-0.39, 0.29) is 25.1 Å². The fraction of sp³-hybridized carbons (Fsp3) is 0.286. The summed E-state index contributed by atoms with van der Waals surface area (Å²) < 4.78 is 18.7. The highest BCUT2D eigenvalue weighted by atomic mass is 19.1. The van der Waals surface area contributed by atoms with Crippen LogP contribution in [0.25, 0.3) is 0 Å². The number of aliphatic hydroxyl groups is 1. The molecule has 0 heterocycles. The van der Waals surface area contributed by atoms with Gasteiger partial charge in [-0.15, -0.1) is 0 Å². The molecule has 0 spiro atoms. The molecule has 0 saturated carbocycles. The third-order valence-electron chi connectivity index (χ3n) is 4.13. The molecule has 0 radical (unpaired) electrons. The number of rotatable bonds is 10. The van der Waals surface area contributed by atoms with Crippen LogP contribution in [0.15, 0.2) is 54.6 Å². The summed E-state index contributed by atoms with van der Waals surface area (Å²) in [4.78, 5) is 35.0. The number of alkyl carbamates (subject to hydrolysis) is 1. The zero-order chi connectivity index (χ0) is 21.9. The molecule has 9 heteroatoms. The van der Waals surface area contributed by atoms with E-state index in [9.17, 15) is 29.0 Å². The van der Waals surface area contributed by atoms with Gasteiger partial charge < -0.3 is 25.6 Å². The fourth-order valence-electron chi connectivity index (χ4n) is 2.60. The Morgan fingerprint density at radius 2 is 1.70 bits per heavy atom. The molecule has 4 N–H and O–H groups in total. The summed E-state index contributed by atoms with van der Waals surface area (Å²) in [5, 5.41) is 23.7. The number of carboxylic acids is 1. The van der Waals surface area contributed by atoms with Crippen LogP contribution in [0.1, 0.15) is 17.5 Å². The number of aliphatic hydroxyl groups excluding tert-OH is 1. The summed E-state index contributed by atoms with van der Waals surface area (Å²) in [6.45, 7) is -0.203. The quantitative estimate of drug-likeness (QED) is 0.465. The van der Waals surface area contributed by atoms with Gasteiger partial charge in [-0.25, -0.2) is 14.0 Å². The molecular formula is C21H23FN2O6. The molecule has 0 saturated heterocycles. The zero-order valence-electron chi connectivity index (χ0n) is 16.1. The second kappa shape index (κ2) is 11.5. The number of amides is 2. The zero-order valence-corrected chi connectivity index (χ0v) is 16.1. The summed E-state index contributed by atoms with van der Waals surface area (Å²) in [6.07, 6.45) is -2.70. The Morgan fingerprint density at radius 3 is 2.37 bits per heavy atom. The molecule has 0 aliphatic carbocycles. The van der Waals surface area contributed by atoms with Gasteiger partial charge >= 0.3 is 12.1 Å². The normalized spacial score (nSPS) is 12.5. The lowest BCUT2D eigenvalue weighted by atomic mass is 10.0. The Balaban J connectivity index is 1.74. The van der Waals surface area contributed by atoms with E-state index in [1.54, 1.807) is 30.3 Å². The van der Waals surface area contributed by atoms with Crippen LogP contribution in [0.5, 0.6) is 0 Å². The van der Waals surface area contributed by atoms with Crippen LogP contribution in [0.4, 0.5) is 9.18 Å². The smallest absolute Gasteiger partial charge is 0.407 e. The highest BCUT2D eigenvalue weighted by molar-refractivity contribution is 5.84. The van der Waals surface area contributed by atoms with Crippen LogP contribution in [-0.4, -0.2) is 46.9 Å². The minimum absolute atomic E-state index is 0.0552. The van der Waals surface area contributed by atoms with Crippen molar-refractivity contribution >= 4 is 18.0 Å². The molecule has 8 nitrogen and oxygen atoms in total. The van der Waals surface area contributed by atoms with Crippen molar-refractivity contribution in [2.75, 3.05) is 6.54 Å². The lowest BCUT2D eigenvalue weighted by Gasteiger charge is -2.17. The molecule has 2 aromatic rings. The summed E-state index contributed by atoms with van der Waals surface area (Å²) >= 11 is 0. The molecule has 2 aromatic carbocycles. The third kappa shape index (κ3) is 7.88. The van der Waals surface area contributed by atoms with Crippen molar-refractivity contribution in [3.8, 4) is 0 Å². The van der Waals surface area contributed by atoms with Crippen LogP contribution < -0.4 is 10.6 Å². The van der Waals surface area contributed by atoms with Gasteiger partial charge in [0.05, 0.1) is 12.5 Å². The lowest BCUT2D eigenvalue weighted by Crippen LogP contribution is -2.44. The predicted octanol–water partition coefficient (Wildman–Crippen LogP) is 1.61. The Kier molecular flexibility index (Phi) is 8.76. The van der Waals surface area contributed by atoms with Crippen LogP contribution in [0.2, 0.25) is 0 Å². The number of carbonyl (C=O) groups is 3. The van der Waals surface area contributed by atoms with E-state index in [0.717, 1.165) is 5.56 Å². The molecule has 160 valence electrons. The monoisotopic (exact) mass is 418 g/mol. The largest absolute Gasteiger partial charge is 0.480 e. The average Bonchev–Trinajstić information content (AvgIpc) is 2.72. The number of carbonyl (C=O) groups excluding carboxylic acids is 2. The molecule has 0 fully saturated rings. The van der Waals surface area contributed by atoms with E-state index in [1.807, 2.05) is 6.07 Å². The summed E-state index contributed by atoms with van der Waals surface area (Å²) in [5.74, 6) is -2.65. The number of carboxylic acid groups (broad SMARTS) is 1. The fourth-order valence-corrected chi connectivity index (χ4v) is 2.60. The number of aliphatic carboxylic acids is 1. The van der Waals surface area contributed by atoms with E-state index in [2.05, 4.69) is 10.6 Å². The molecule has 0 aromatic heterocycles. The maximum absolute atomic E-state index is 13.7. The minimum Gasteiger partial charge on any atom is -0.480 e. The Hall–Kier alpha value is -3.46. The molecule has 0 aliphatic heterocycles. The van der Waals surface area contributed by atoms with E-state index in [4.69, 9.17) is 4.74 Å². The SMILES string of the molecule is O=C(C[C@H](O)CNC(=O)OCc1ccccc1)N[C@@H](Cc1ccccc1F)C(=O)O. The summed E-state index contributed by atoms with van der Waals surface area (Å²) in [5.41, 5.74) is 0.940. The number of benzene rings is 2. The van der Waals surface area contributed by atoms with Gasteiger partial charge in [0.1, 0.15) is 18.5 Å². The van der Waals surface area contributed by atoms with Crippen molar-refractivity contribution in [1.82, 2.24) is 10.6 Å². The second-order valence-electron chi connectivity index (χ2n) is 6.55. The van der Waals surface area contributed by atoms with Crippen molar-refractivity contribution in [2.45, 2.75) is 31.6 Å². The summed E-state index contributed by atoms with van der Waals surface area (Å²) in [6, 6.07) is 13.3. The molecule has 0 bridgehead atoms. The first-order valence-electron chi connectivity index (χ1n) is 9.23. The van der Waals surface area contributed by atoms with Crippen LogP contribution in [0.3, 0.4) is 0 Å². The minimum atomic E-state index is -1.36. The molecule has 2 atom stereocenters. The highest BCUT2D eigenvalue weighted by Crippen LogP contribution is 2.10. The van der Waals surface area contributed by atoms with E-state index < -0.39 is 42.4 Å². The topological polar surface area (TPSA) is 125 Å². The van der Waals surface area contributed by atoms with Crippen molar-refractivity contribution in [2.24, 2.45) is 0 Å². The Bertz CT molecular complexity index is 862. The van der Waals surface area contributed by atoms with Crippen molar-refractivity contribution in [3.63, 3.8) is 0 Å². The molecule has 30 heavy (non-hydrogen) atoms. The lowest BCUT2D eigenvalue weighted by molar-refractivity contribution is -0.142. The van der Waals surface area contributed by atoms with E-state index in [1.165, 1.54) is 18.2 Å². The van der Waals surface area contributed by atoms with E-state index in [0.29, 0.717) is 0 Å². The highest BCUT2D eigenvalue weighted by Gasteiger charge is 2.23. The van der Waals surface area contributed by atoms with Gasteiger partial charge in [-0.1, -0.05) is 48.5 Å². The predicted molar refractivity (Wildman–Crippen MR) is 105 cm³/mol. The molecule has 0 unspecified atom stereocenters. The molecule has 2 amide bonds. The average molecular weight is 418 g/mol. The summed E-state index contributed by atoms with van der Waals surface area (Å²) in [7, 11) is 0. The van der Waals surface area contributed by atoms with Gasteiger partial charge in [0, 0.05) is 13.0 Å². The van der Waals surface area contributed by atoms with Crippen LogP contribution in [0, 0.1) is 5.82 Å². The van der Waals surface area contributed by atoms with Crippen LogP contribution >= 0.6 is 0 Å². The van der Waals surface area contributed by atoms with Gasteiger partial charge in [0.15, 0.2) is 0 Å². The molecule has 2 rings (SSSR count). The van der Waals surface area contributed by atoms with E-state index >= 15 is 0 Å². The van der Waals surface area contributed by atoms with Gasteiger partial charge in [-0.05, 0) is 17.2 Å². The van der Waals surface area contributed by atoms with Gasteiger partial charge in [-0.3, -0.25) is 4.79 Å². The van der Waals surface area contributed by atoms with Crippen molar-refractivity contribution < 1.29 is 33.7 Å². The second-order valence-corrected chi connectivity index (χ2v) is 6.55. The Morgan fingerprint density at radius 1 is 1.03 bits per heavy atom. The standard InChI is InChI=1S/C21H23FN2O6/c22-17-9-5-4-8-15(17)10-18(20(27)28)24-19(26)11-16(25)12-23-21(29)30-13-14-6-2-1-3-7-14/h1-9,16,18,25H,10-13H2,(H,23,29)(H,24,26)(H,27,28)/t16-,18-/m0/s1. The number of hydrogen-bond donors (Lipinski definition) is 4. The molecule has 0 aliphatic rings. The van der Waals surface area contributed by atoms with Gasteiger partial charge in [0.2, 0.25) is 5.91 Å². The van der Waals surface area contributed by atoms with Crippen molar-refractivity contribution in [1.29, 1.82) is 0 Å². The first kappa shape index (κ1) is 22.8. The number of hydrogen-bond acceptors (Lipinski definition) is 5. The third-order valence-corrected chi connectivity index (χ3v) is 4.13.